The van der Waals surface area contributed by atoms with Crippen molar-refractivity contribution in [1.82, 2.24) is 9.97 Å². The Kier molecular flexibility index (Phi) is 2.49. The van der Waals surface area contributed by atoms with Crippen LogP contribution in [0.15, 0.2) is 41.2 Å². The average molecular weight is 202 g/mol. The number of H-pyrrole nitrogens is 1. The maximum Gasteiger partial charge on any atom is 0.254 e. The first-order valence-electron chi connectivity index (χ1n) is 4.55. The first-order chi connectivity index (χ1) is 7.24. The number of aromatic amines is 1. The van der Waals surface area contributed by atoms with Gasteiger partial charge in [-0.15, -0.1) is 0 Å². The molecule has 2 aromatic rings. The summed E-state index contributed by atoms with van der Waals surface area (Å²) in [5.74, 6) is 1.51. The van der Waals surface area contributed by atoms with Gasteiger partial charge in [0, 0.05) is 0 Å². The zero-order valence-corrected chi connectivity index (χ0v) is 8.23. The SMILES string of the molecule is Cc1nc(Oc2ccccc2)cc(=O)[nH]1. The highest BCUT2D eigenvalue weighted by molar-refractivity contribution is 5.25. The van der Waals surface area contributed by atoms with Crippen LogP contribution in [0.2, 0.25) is 0 Å². The lowest BCUT2D eigenvalue weighted by Crippen LogP contribution is -2.08. The van der Waals surface area contributed by atoms with Crippen molar-refractivity contribution < 1.29 is 4.74 Å². The molecular formula is C11H10N2O2. The van der Waals surface area contributed by atoms with Crippen molar-refractivity contribution in [3.63, 3.8) is 0 Å². The van der Waals surface area contributed by atoms with E-state index in [1.165, 1.54) is 6.07 Å². The van der Waals surface area contributed by atoms with E-state index in [1.54, 1.807) is 19.1 Å². The van der Waals surface area contributed by atoms with E-state index in [2.05, 4.69) is 9.97 Å². The second-order valence-electron chi connectivity index (χ2n) is 3.08. The summed E-state index contributed by atoms with van der Waals surface area (Å²) < 4.78 is 5.41. The van der Waals surface area contributed by atoms with E-state index in [4.69, 9.17) is 4.74 Å². The first-order valence-corrected chi connectivity index (χ1v) is 4.55. The molecular weight excluding hydrogens is 192 g/mol. The molecule has 4 nitrogen and oxygen atoms in total. The summed E-state index contributed by atoms with van der Waals surface area (Å²) in [6.07, 6.45) is 0. The quantitative estimate of drug-likeness (QED) is 0.808. The fourth-order valence-electron chi connectivity index (χ4n) is 1.21. The number of benzene rings is 1. The average Bonchev–Trinajstić information content (AvgIpc) is 2.17. The van der Waals surface area contributed by atoms with Crippen molar-refractivity contribution in [2.45, 2.75) is 6.92 Å². The van der Waals surface area contributed by atoms with Gasteiger partial charge in [-0.05, 0) is 19.1 Å². The summed E-state index contributed by atoms with van der Waals surface area (Å²) >= 11 is 0. The fourth-order valence-corrected chi connectivity index (χ4v) is 1.21. The van der Waals surface area contributed by atoms with Gasteiger partial charge in [0.05, 0.1) is 6.07 Å². The molecule has 0 fully saturated rings. The van der Waals surface area contributed by atoms with Crippen LogP contribution in [0.1, 0.15) is 5.82 Å². The number of rotatable bonds is 2. The van der Waals surface area contributed by atoms with E-state index in [0.29, 0.717) is 17.5 Å². The van der Waals surface area contributed by atoms with Crippen LogP contribution in [0.5, 0.6) is 11.6 Å². The normalized spacial score (nSPS) is 9.93. The predicted molar refractivity (Wildman–Crippen MR) is 56.1 cm³/mol. The van der Waals surface area contributed by atoms with Gasteiger partial charge in [0.2, 0.25) is 5.88 Å². The van der Waals surface area contributed by atoms with Crippen molar-refractivity contribution >= 4 is 0 Å². The Morgan fingerprint density at radius 3 is 2.67 bits per heavy atom. The number of nitrogens with zero attached hydrogens (tertiary/aromatic N) is 1. The highest BCUT2D eigenvalue weighted by Crippen LogP contribution is 2.16. The summed E-state index contributed by atoms with van der Waals surface area (Å²) in [5.41, 5.74) is -0.214. The molecule has 2 rings (SSSR count). The number of aryl methyl sites for hydroxylation is 1. The number of hydrogen-bond donors (Lipinski definition) is 1. The van der Waals surface area contributed by atoms with Gasteiger partial charge in [0.1, 0.15) is 11.6 Å². The van der Waals surface area contributed by atoms with Gasteiger partial charge in [0.15, 0.2) is 0 Å². The van der Waals surface area contributed by atoms with E-state index < -0.39 is 0 Å². The third kappa shape index (κ3) is 2.43. The lowest BCUT2D eigenvalue weighted by molar-refractivity contribution is 0.459. The molecule has 1 heterocycles. The Labute approximate surface area is 86.6 Å². The van der Waals surface area contributed by atoms with Crippen LogP contribution in [0.4, 0.5) is 0 Å². The Balaban J connectivity index is 2.29. The lowest BCUT2D eigenvalue weighted by Gasteiger charge is -2.03. The van der Waals surface area contributed by atoms with E-state index in [1.807, 2.05) is 18.2 Å². The fraction of sp³-hybridized carbons (Fsp3) is 0.0909. The van der Waals surface area contributed by atoms with Crippen LogP contribution in [-0.2, 0) is 0 Å². The smallest absolute Gasteiger partial charge is 0.254 e. The molecule has 0 spiro atoms. The van der Waals surface area contributed by atoms with E-state index in [-0.39, 0.29) is 5.56 Å². The Morgan fingerprint density at radius 1 is 1.27 bits per heavy atom. The zero-order valence-electron chi connectivity index (χ0n) is 8.23. The lowest BCUT2D eigenvalue weighted by atomic mass is 10.3. The Morgan fingerprint density at radius 2 is 2.00 bits per heavy atom. The van der Waals surface area contributed by atoms with Crippen LogP contribution in [0.25, 0.3) is 0 Å². The van der Waals surface area contributed by atoms with Crippen LogP contribution in [0, 0.1) is 6.92 Å². The molecule has 0 radical (unpaired) electrons. The van der Waals surface area contributed by atoms with Gasteiger partial charge < -0.3 is 9.72 Å². The summed E-state index contributed by atoms with van der Waals surface area (Å²) in [7, 11) is 0. The molecule has 0 bridgehead atoms. The van der Waals surface area contributed by atoms with Gasteiger partial charge in [-0.1, -0.05) is 18.2 Å². The van der Waals surface area contributed by atoms with Crippen molar-refractivity contribution in [2.24, 2.45) is 0 Å². The van der Waals surface area contributed by atoms with Gasteiger partial charge in [-0.25, -0.2) is 4.98 Å². The molecule has 0 unspecified atom stereocenters. The third-order valence-electron chi connectivity index (χ3n) is 1.80. The zero-order chi connectivity index (χ0) is 10.7. The summed E-state index contributed by atoms with van der Waals surface area (Å²) in [4.78, 5) is 17.7. The van der Waals surface area contributed by atoms with Crippen LogP contribution in [-0.4, -0.2) is 9.97 Å². The topological polar surface area (TPSA) is 55.0 Å². The molecule has 0 aliphatic rings. The van der Waals surface area contributed by atoms with E-state index in [9.17, 15) is 4.79 Å². The molecule has 0 saturated heterocycles. The molecule has 0 saturated carbocycles. The Bertz CT molecular complexity index is 505. The Hall–Kier alpha value is -2.10. The van der Waals surface area contributed by atoms with Crippen LogP contribution < -0.4 is 10.3 Å². The van der Waals surface area contributed by atoms with Gasteiger partial charge >= 0.3 is 0 Å². The monoisotopic (exact) mass is 202 g/mol. The summed E-state index contributed by atoms with van der Waals surface area (Å²) in [6, 6.07) is 10.5. The van der Waals surface area contributed by atoms with Crippen molar-refractivity contribution in [2.75, 3.05) is 0 Å². The van der Waals surface area contributed by atoms with Crippen LogP contribution in [0.3, 0.4) is 0 Å². The highest BCUT2D eigenvalue weighted by Gasteiger charge is 1.99. The van der Waals surface area contributed by atoms with Crippen molar-refractivity contribution in [3.8, 4) is 11.6 Å². The molecule has 1 aromatic heterocycles. The predicted octanol–water partition coefficient (Wildman–Crippen LogP) is 1.87. The van der Waals surface area contributed by atoms with Gasteiger partial charge in [-0.2, -0.15) is 0 Å². The molecule has 15 heavy (non-hydrogen) atoms. The number of para-hydroxylation sites is 1. The minimum atomic E-state index is -0.214. The molecule has 1 aromatic carbocycles. The third-order valence-corrected chi connectivity index (χ3v) is 1.80. The van der Waals surface area contributed by atoms with Crippen molar-refractivity contribution in [3.05, 3.63) is 52.6 Å². The van der Waals surface area contributed by atoms with E-state index in [0.717, 1.165) is 0 Å². The second kappa shape index (κ2) is 3.96. The molecule has 0 amide bonds. The first kappa shape index (κ1) is 9.45. The van der Waals surface area contributed by atoms with E-state index >= 15 is 0 Å². The summed E-state index contributed by atoms with van der Waals surface area (Å²) in [6.45, 7) is 1.71. The molecule has 1 N–H and O–H groups in total. The minimum Gasteiger partial charge on any atom is -0.439 e. The number of nitrogens with one attached hydrogen (secondary N) is 1. The molecule has 4 heteroatoms. The molecule has 76 valence electrons. The van der Waals surface area contributed by atoms with Crippen LogP contribution >= 0.6 is 0 Å². The number of ether oxygens (including phenoxy) is 1. The second-order valence-corrected chi connectivity index (χ2v) is 3.08. The maximum absolute atomic E-state index is 11.1. The molecule has 0 atom stereocenters. The number of hydrogen-bond acceptors (Lipinski definition) is 3. The van der Waals surface area contributed by atoms with Crippen molar-refractivity contribution in [1.29, 1.82) is 0 Å². The number of aromatic nitrogens is 2. The maximum atomic E-state index is 11.1. The molecule has 0 aliphatic carbocycles. The van der Waals surface area contributed by atoms with Gasteiger partial charge in [-0.3, -0.25) is 4.79 Å². The minimum absolute atomic E-state index is 0.214. The van der Waals surface area contributed by atoms with Gasteiger partial charge in [0.25, 0.3) is 5.56 Å². The summed E-state index contributed by atoms with van der Waals surface area (Å²) in [5, 5.41) is 0. The largest absolute Gasteiger partial charge is 0.439 e. The standard InChI is InChI=1S/C11H10N2O2/c1-8-12-10(14)7-11(13-8)15-9-5-3-2-4-6-9/h2-7H,1H3,(H,12,13,14). The highest BCUT2D eigenvalue weighted by atomic mass is 16.5. The molecule has 0 aliphatic heterocycles.